The minimum Gasteiger partial charge on any atom is -0.390 e. The topological polar surface area (TPSA) is 52.6 Å². The molecule has 0 unspecified atom stereocenters. The number of likely N-dealkylation sites (tertiary alicyclic amines) is 1. The molecule has 116 valence electrons. The molecule has 4 nitrogen and oxygen atoms in total. The SMILES string of the molecule is Cc1cc(C)c(NC(=O)CN2CCC(C)(O)CC2)c(C)c1. The molecule has 1 saturated heterocycles. The molecule has 1 heterocycles. The second kappa shape index (κ2) is 6.16. The summed E-state index contributed by atoms with van der Waals surface area (Å²) < 4.78 is 0. The maximum Gasteiger partial charge on any atom is 0.238 e. The molecule has 1 aromatic carbocycles. The minimum atomic E-state index is -0.572. The third kappa shape index (κ3) is 4.29. The third-order valence-corrected chi connectivity index (χ3v) is 4.24. The number of rotatable bonds is 3. The molecule has 1 aliphatic rings. The first-order valence-corrected chi connectivity index (χ1v) is 7.59. The molecule has 0 spiro atoms. The Balaban J connectivity index is 1.94. The summed E-state index contributed by atoms with van der Waals surface area (Å²) in [5.41, 5.74) is 3.76. The van der Waals surface area contributed by atoms with Crippen LogP contribution in [0.3, 0.4) is 0 Å². The second-order valence-corrected chi connectivity index (χ2v) is 6.59. The number of aliphatic hydroxyl groups is 1. The van der Waals surface area contributed by atoms with E-state index in [-0.39, 0.29) is 5.91 Å². The van der Waals surface area contributed by atoms with Gasteiger partial charge < -0.3 is 10.4 Å². The number of piperidine rings is 1. The summed E-state index contributed by atoms with van der Waals surface area (Å²) in [6, 6.07) is 4.17. The molecule has 1 fully saturated rings. The van der Waals surface area contributed by atoms with Crippen LogP contribution in [0.2, 0.25) is 0 Å². The molecule has 0 radical (unpaired) electrons. The van der Waals surface area contributed by atoms with Crippen molar-refractivity contribution in [3.8, 4) is 0 Å². The summed E-state index contributed by atoms with van der Waals surface area (Å²) in [7, 11) is 0. The zero-order chi connectivity index (χ0) is 15.6. The first-order valence-electron chi connectivity index (χ1n) is 7.59. The maximum absolute atomic E-state index is 12.2. The molecule has 0 atom stereocenters. The predicted molar refractivity (Wildman–Crippen MR) is 85.6 cm³/mol. The van der Waals surface area contributed by atoms with Gasteiger partial charge in [0.1, 0.15) is 0 Å². The highest BCUT2D eigenvalue weighted by molar-refractivity contribution is 5.93. The number of nitrogens with zero attached hydrogens (tertiary/aromatic N) is 1. The number of carbonyl (C=O) groups excluding carboxylic acids is 1. The molecule has 0 saturated carbocycles. The largest absolute Gasteiger partial charge is 0.390 e. The van der Waals surface area contributed by atoms with Gasteiger partial charge in [-0.15, -0.1) is 0 Å². The average Bonchev–Trinajstić information content (AvgIpc) is 2.36. The summed E-state index contributed by atoms with van der Waals surface area (Å²) in [6.07, 6.45) is 1.45. The Labute approximate surface area is 127 Å². The fraction of sp³-hybridized carbons (Fsp3) is 0.588. The highest BCUT2D eigenvalue weighted by Gasteiger charge is 2.28. The molecule has 0 bridgehead atoms. The molecule has 4 heteroatoms. The van der Waals surface area contributed by atoms with Gasteiger partial charge >= 0.3 is 0 Å². The first-order chi connectivity index (χ1) is 9.77. The molecule has 1 amide bonds. The number of aryl methyl sites for hydroxylation is 3. The van der Waals surface area contributed by atoms with Crippen molar-refractivity contribution in [3.63, 3.8) is 0 Å². The van der Waals surface area contributed by atoms with Crippen molar-refractivity contribution < 1.29 is 9.90 Å². The number of benzene rings is 1. The Morgan fingerprint density at radius 2 is 1.76 bits per heavy atom. The normalized spacial score (nSPS) is 18.5. The van der Waals surface area contributed by atoms with Gasteiger partial charge in [-0.2, -0.15) is 0 Å². The summed E-state index contributed by atoms with van der Waals surface area (Å²) in [5.74, 6) is 0.0200. The molecule has 0 aliphatic carbocycles. The fourth-order valence-corrected chi connectivity index (χ4v) is 2.95. The molecular weight excluding hydrogens is 264 g/mol. The van der Waals surface area contributed by atoms with E-state index in [4.69, 9.17) is 0 Å². The number of hydrogen-bond donors (Lipinski definition) is 2. The van der Waals surface area contributed by atoms with E-state index in [1.807, 2.05) is 20.8 Å². The monoisotopic (exact) mass is 290 g/mol. The second-order valence-electron chi connectivity index (χ2n) is 6.59. The molecule has 1 aliphatic heterocycles. The van der Waals surface area contributed by atoms with Crippen molar-refractivity contribution >= 4 is 11.6 Å². The van der Waals surface area contributed by atoms with E-state index in [1.165, 1.54) is 5.56 Å². The zero-order valence-electron chi connectivity index (χ0n) is 13.5. The van der Waals surface area contributed by atoms with Gasteiger partial charge in [-0.3, -0.25) is 9.69 Å². The van der Waals surface area contributed by atoms with Crippen LogP contribution in [0.1, 0.15) is 36.5 Å². The molecule has 1 aromatic rings. The lowest BCUT2D eigenvalue weighted by molar-refractivity contribution is -0.118. The van der Waals surface area contributed by atoms with Crippen LogP contribution in [0.5, 0.6) is 0 Å². The third-order valence-electron chi connectivity index (χ3n) is 4.24. The lowest BCUT2D eigenvalue weighted by Gasteiger charge is -2.35. The quantitative estimate of drug-likeness (QED) is 0.899. The Hall–Kier alpha value is -1.39. The van der Waals surface area contributed by atoms with Crippen LogP contribution in [0.25, 0.3) is 0 Å². The van der Waals surface area contributed by atoms with E-state index in [1.54, 1.807) is 0 Å². The van der Waals surface area contributed by atoms with Gasteiger partial charge in [-0.05, 0) is 51.7 Å². The Morgan fingerprint density at radius 1 is 1.24 bits per heavy atom. The van der Waals surface area contributed by atoms with Crippen molar-refractivity contribution in [2.45, 2.75) is 46.1 Å². The van der Waals surface area contributed by atoms with Crippen LogP contribution in [-0.4, -0.2) is 41.1 Å². The Kier molecular flexibility index (Phi) is 4.69. The predicted octanol–water partition coefficient (Wildman–Crippen LogP) is 2.40. The molecule has 0 aromatic heterocycles. The van der Waals surface area contributed by atoms with Crippen LogP contribution in [-0.2, 0) is 4.79 Å². The number of anilines is 1. The molecule has 21 heavy (non-hydrogen) atoms. The summed E-state index contributed by atoms with van der Waals surface area (Å²) in [5, 5.41) is 13.0. The van der Waals surface area contributed by atoms with Crippen LogP contribution >= 0.6 is 0 Å². The van der Waals surface area contributed by atoms with Gasteiger partial charge in [0.2, 0.25) is 5.91 Å². The van der Waals surface area contributed by atoms with Gasteiger partial charge in [0.05, 0.1) is 12.1 Å². The van der Waals surface area contributed by atoms with E-state index in [0.29, 0.717) is 6.54 Å². The summed E-state index contributed by atoms with van der Waals surface area (Å²) in [6.45, 7) is 9.90. The molecular formula is C17H26N2O2. The first kappa shape index (κ1) is 16.0. The highest BCUT2D eigenvalue weighted by atomic mass is 16.3. The van der Waals surface area contributed by atoms with E-state index < -0.39 is 5.60 Å². The maximum atomic E-state index is 12.2. The highest BCUT2D eigenvalue weighted by Crippen LogP contribution is 2.23. The number of amides is 1. The van der Waals surface area contributed by atoms with E-state index in [2.05, 4.69) is 29.3 Å². The van der Waals surface area contributed by atoms with Crippen LogP contribution < -0.4 is 5.32 Å². The summed E-state index contributed by atoms with van der Waals surface area (Å²) in [4.78, 5) is 14.3. The number of carbonyl (C=O) groups is 1. The van der Waals surface area contributed by atoms with Crippen LogP contribution in [0.4, 0.5) is 5.69 Å². The number of nitrogens with one attached hydrogen (secondary N) is 1. The van der Waals surface area contributed by atoms with Gasteiger partial charge in [-0.1, -0.05) is 17.7 Å². The van der Waals surface area contributed by atoms with Crippen molar-refractivity contribution in [3.05, 3.63) is 28.8 Å². The lowest BCUT2D eigenvalue weighted by Crippen LogP contribution is -2.45. The minimum absolute atomic E-state index is 0.0200. The van der Waals surface area contributed by atoms with Crippen molar-refractivity contribution in [2.75, 3.05) is 25.0 Å². The van der Waals surface area contributed by atoms with Crippen LogP contribution in [0, 0.1) is 20.8 Å². The van der Waals surface area contributed by atoms with Gasteiger partial charge in [0.15, 0.2) is 0 Å². The number of hydrogen-bond acceptors (Lipinski definition) is 3. The standard InChI is InChI=1S/C17H26N2O2/c1-12-9-13(2)16(14(3)10-12)18-15(20)11-19-7-5-17(4,21)6-8-19/h9-10,21H,5-8,11H2,1-4H3,(H,18,20). The van der Waals surface area contributed by atoms with Crippen molar-refractivity contribution in [1.29, 1.82) is 0 Å². The van der Waals surface area contributed by atoms with Crippen molar-refractivity contribution in [1.82, 2.24) is 4.90 Å². The Bertz CT molecular complexity index is 505. The van der Waals surface area contributed by atoms with E-state index in [9.17, 15) is 9.90 Å². The average molecular weight is 290 g/mol. The van der Waals surface area contributed by atoms with Crippen LogP contribution in [0.15, 0.2) is 12.1 Å². The van der Waals surface area contributed by atoms with Gasteiger partial charge in [0.25, 0.3) is 0 Å². The Morgan fingerprint density at radius 3 is 2.29 bits per heavy atom. The van der Waals surface area contributed by atoms with Gasteiger partial charge in [0, 0.05) is 18.8 Å². The fourth-order valence-electron chi connectivity index (χ4n) is 2.95. The van der Waals surface area contributed by atoms with E-state index in [0.717, 1.165) is 42.7 Å². The molecule has 2 N–H and O–H groups in total. The van der Waals surface area contributed by atoms with Gasteiger partial charge in [-0.25, -0.2) is 0 Å². The lowest BCUT2D eigenvalue weighted by atomic mass is 9.94. The summed E-state index contributed by atoms with van der Waals surface area (Å²) >= 11 is 0. The zero-order valence-corrected chi connectivity index (χ0v) is 13.5. The van der Waals surface area contributed by atoms with E-state index >= 15 is 0 Å². The smallest absolute Gasteiger partial charge is 0.238 e. The van der Waals surface area contributed by atoms with Crippen molar-refractivity contribution in [2.24, 2.45) is 0 Å². The molecule has 2 rings (SSSR count).